The van der Waals surface area contributed by atoms with Crippen molar-refractivity contribution in [1.29, 1.82) is 0 Å². The first-order valence-electron chi connectivity index (χ1n) is 25.2. The predicted molar refractivity (Wildman–Crippen MR) is 236 cm³/mol. The number of aliphatic hydroxyl groups is 9. The number of nitrogens with two attached hydrogens (primary N) is 1. The Kier molecular flexibility index (Phi) is 13.5. The fourth-order valence-electron chi connectivity index (χ4n) is 17.5. The zero-order chi connectivity index (χ0) is 46.6. The van der Waals surface area contributed by atoms with Gasteiger partial charge in [-0.3, -0.25) is 14.4 Å². The molecular formula is C51H81NO12. The van der Waals surface area contributed by atoms with E-state index in [-0.39, 0.29) is 59.0 Å². The third-order valence-corrected chi connectivity index (χ3v) is 20.7. The van der Waals surface area contributed by atoms with Crippen molar-refractivity contribution in [1.82, 2.24) is 0 Å². The van der Waals surface area contributed by atoms with Crippen molar-refractivity contribution in [3.8, 4) is 0 Å². The quantitative estimate of drug-likeness (QED) is 0.0620. The number of hydrogen-bond acceptors (Lipinski definition) is 13. The molecular weight excluding hydrogens is 819 g/mol. The van der Waals surface area contributed by atoms with Crippen LogP contribution in [0, 0.1) is 93.2 Å². The van der Waals surface area contributed by atoms with Gasteiger partial charge < -0.3 is 51.7 Å². The minimum atomic E-state index is -2.30. The van der Waals surface area contributed by atoms with E-state index >= 15 is 0 Å². The van der Waals surface area contributed by atoms with Crippen LogP contribution in [0.2, 0.25) is 0 Å². The van der Waals surface area contributed by atoms with Gasteiger partial charge in [-0.2, -0.15) is 0 Å². The monoisotopic (exact) mass is 900 g/mol. The van der Waals surface area contributed by atoms with Crippen molar-refractivity contribution in [2.45, 2.75) is 192 Å². The Labute approximate surface area is 379 Å². The van der Waals surface area contributed by atoms with Crippen LogP contribution >= 0.6 is 0 Å². The second-order valence-electron chi connectivity index (χ2n) is 23.9. The largest absolute Gasteiger partial charge is 0.393 e. The Morgan fingerprint density at radius 3 is 2.11 bits per heavy atom. The average Bonchev–Trinajstić information content (AvgIpc) is 3.19. The second kappa shape index (κ2) is 17.7. The lowest BCUT2D eigenvalue weighted by Gasteiger charge is -2.69. The van der Waals surface area contributed by atoms with Gasteiger partial charge in [-0.1, -0.05) is 84.8 Å². The fraction of sp³-hybridized carbons (Fsp3) is 0.902. The molecule has 8 aliphatic rings. The van der Waals surface area contributed by atoms with Crippen molar-refractivity contribution in [3.63, 3.8) is 0 Å². The smallest absolute Gasteiger partial charge is 0.181 e. The van der Waals surface area contributed by atoms with Gasteiger partial charge >= 0.3 is 0 Å². The van der Waals surface area contributed by atoms with E-state index in [4.69, 9.17) is 5.73 Å². The maximum absolute atomic E-state index is 14.7. The zero-order valence-corrected chi connectivity index (χ0v) is 38.9. The van der Waals surface area contributed by atoms with Gasteiger partial charge in [0.2, 0.25) is 0 Å². The molecule has 11 N–H and O–H groups in total. The lowest BCUT2D eigenvalue weighted by Crippen LogP contribution is -2.72. The van der Waals surface area contributed by atoms with E-state index in [1.807, 2.05) is 6.08 Å². The number of unbranched alkanes of at least 4 members (excludes halogenated alkanes) is 5. The number of hydrogen-bond donors (Lipinski definition) is 10. The van der Waals surface area contributed by atoms with Crippen molar-refractivity contribution in [2.24, 2.45) is 98.9 Å². The molecule has 0 radical (unpaired) electrons. The van der Waals surface area contributed by atoms with Crippen molar-refractivity contribution in [3.05, 3.63) is 12.2 Å². The SMILES string of the molecule is CC(O)C1C(O)C[C@]2(C)C[C@]3(C)CC4C(CCCCCCCCC5CCC(O)C6C(O)C7C(O)[C@]8(O)C(=O)C(C(N)O)C(=O)C[C@@H]8C[C@@H]7CC56)C=CC(O)C4C(=O)C3C(C)[C@]2(C)C1O. The Morgan fingerprint density at radius 1 is 0.797 bits per heavy atom. The Morgan fingerprint density at radius 2 is 1.45 bits per heavy atom. The Balaban J connectivity index is 0.832. The van der Waals surface area contributed by atoms with Crippen molar-refractivity contribution < 1.29 is 60.3 Å². The van der Waals surface area contributed by atoms with Crippen LogP contribution in [0.3, 0.4) is 0 Å². The molecule has 0 amide bonds. The van der Waals surface area contributed by atoms with Gasteiger partial charge in [-0.25, -0.2) is 0 Å². The molecule has 0 spiro atoms. The van der Waals surface area contributed by atoms with Crippen molar-refractivity contribution >= 4 is 17.3 Å². The third-order valence-electron chi connectivity index (χ3n) is 20.7. The van der Waals surface area contributed by atoms with E-state index < -0.39 is 112 Å². The topological polar surface area (TPSA) is 259 Å². The van der Waals surface area contributed by atoms with E-state index in [1.54, 1.807) is 6.92 Å². The fourth-order valence-corrected chi connectivity index (χ4v) is 17.5. The number of fused-ring (bicyclic) bond motifs is 6. The van der Waals surface area contributed by atoms with E-state index in [0.717, 1.165) is 64.2 Å². The number of ketones is 3. The first kappa shape index (κ1) is 48.8. The number of carbonyl (C=O) groups excluding carboxylic acids is 3. The summed E-state index contributed by atoms with van der Waals surface area (Å²) in [6.45, 7) is 10.1. The normalized spacial score (nSPS) is 53.2. The molecule has 0 heterocycles. The Hall–Kier alpha value is -1.65. The molecule has 0 aromatic heterocycles. The van der Waals surface area contributed by atoms with E-state index in [2.05, 4.69) is 33.8 Å². The highest BCUT2D eigenvalue weighted by Gasteiger charge is 2.71. The summed E-state index contributed by atoms with van der Waals surface area (Å²) in [6, 6.07) is 0. The molecule has 8 rings (SSSR count). The van der Waals surface area contributed by atoms with E-state index in [1.165, 1.54) is 0 Å². The lowest BCUT2D eigenvalue weighted by atomic mass is 9.35. The predicted octanol–water partition coefficient (Wildman–Crippen LogP) is 3.20. The number of aliphatic hydroxyl groups excluding tert-OH is 8. The van der Waals surface area contributed by atoms with Gasteiger partial charge in [0.15, 0.2) is 11.4 Å². The molecule has 8 aliphatic carbocycles. The molecule has 13 heteroatoms. The van der Waals surface area contributed by atoms with Crippen LogP contribution < -0.4 is 5.73 Å². The van der Waals surface area contributed by atoms with Crippen LogP contribution in [0.4, 0.5) is 0 Å². The minimum absolute atomic E-state index is 0.0228. The van der Waals surface area contributed by atoms with Gasteiger partial charge in [0.05, 0.1) is 48.6 Å². The highest BCUT2D eigenvalue weighted by molar-refractivity contribution is 6.09. The molecule has 0 saturated heterocycles. The summed E-state index contributed by atoms with van der Waals surface area (Å²) in [7, 11) is 0. The van der Waals surface area contributed by atoms with Gasteiger partial charge in [-0.15, -0.1) is 0 Å². The highest BCUT2D eigenvalue weighted by atomic mass is 16.4. The summed E-state index contributed by atoms with van der Waals surface area (Å²) in [6.07, 6.45) is 7.45. The Bertz CT molecular complexity index is 1790. The molecule has 19 unspecified atom stereocenters. The molecule has 0 aromatic rings. The molecule has 13 nitrogen and oxygen atoms in total. The van der Waals surface area contributed by atoms with E-state index in [9.17, 15) is 60.3 Å². The molecule has 25 atom stereocenters. The first-order chi connectivity index (χ1) is 30.0. The minimum Gasteiger partial charge on any atom is -0.393 e. The number of rotatable bonds is 11. The van der Waals surface area contributed by atoms with Crippen LogP contribution in [0.15, 0.2) is 12.2 Å². The molecule has 0 aliphatic heterocycles. The third kappa shape index (κ3) is 7.50. The van der Waals surface area contributed by atoms with Gasteiger partial charge in [0, 0.05) is 41.4 Å². The summed E-state index contributed by atoms with van der Waals surface area (Å²) in [5, 5.41) is 101. The summed E-state index contributed by atoms with van der Waals surface area (Å²) in [4.78, 5) is 41.0. The molecule has 7 fully saturated rings. The van der Waals surface area contributed by atoms with Gasteiger partial charge in [0.1, 0.15) is 23.7 Å². The summed E-state index contributed by atoms with van der Waals surface area (Å²) in [5.74, 6) is -6.61. The van der Waals surface area contributed by atoms with Crippen LogP contribution in [0.25, 0.3) is 0 Å². The average molecular weight is 900 g/mol. The molecule has 7 saturated carbocycles. The molecule has 0 aromatic carbocycles. The van der Waals surface area contributed by atoms with Crippen LogP contribution in [0.5, 0.6) is 0 Å². The number of carbonyl (C=O) groups is 3. The number of Topliss-reactive ketones (excluding diaryl/α,β-unsaturated/α-hetero) is 3. The van der Waals surface area contributed by atoms with Crippen LogP contribution in [-0.2, 0) is 14.4 Å². The van der Waals surface area contributed by atoms with E-state index in [0.29, 0.717) is 32.1 Å². The summed E-state index contributed by atoms with van der Waals surface area (Å²) < 4.78 is 0. The van der Waals surface area contributed by atoms with Crippen LogP contribution in [0.1, 0.15) is 137 Å². The summed E-state index contributed by atoms with van der Waals surface area (Å²) >= 11 is 0. The molecule has 0 bridgehead atoms. The zero-order valence-electron chi connectivity index (χ0n) is 38.9. The molecule has 362 valence electrons. The molecule has 64 heavy (non-hydrogen) atoms. The summed E-state index contributed by atoms with van der Waals surface area (Å²) in [5.41, 5.74) is 1.77. The van der Waals surface area contributed by atoms with Crippen molar-refractivity contribution in [2.75, 3.05) is 0 Å². The lowest BCUT2D eigenvalue weighted by molar-refractivity contribution is -0.261. The highest BCUT2D eigenvalue weighted by Crippen LogP contribution is 2.71. The second-order valence-corrected chi connectivity index (χ2v) is 23.9. The maximum Gasteiger partial charge on any atom is 0.181 e. The van der Waals surface area contributed by atoms with Gasteiger partial charge in [-0.05, 0) is 105 Å². The number of allylic oxidation sites excluding steroid dienone is 1. The van der Waals surface area contributed by atoms with Gasteiger partial charge in [0.25, 0.3) is 0 Å². The first-order valence-corrected chi connectivity index (χ1v) is 25.2. The maximum atomic E-state index is 14.7. The van der Waals surface area contributed by atoms with Crippen LogP contribution in [-0.4, -0.2) is 118 Å². The standard InChI is InChI=1S/C51H81NO12/c1-24-41-43(59)39-31(21-48(41,3)23-49(4)22-35(57)36(25(2)53)44(60)50(24,49)5)27(15-17-33(39)55)13-11-9-7-6-8-10-12-26-14-16-32(54)38-30(26)19-28-18-29-20-34(56)40(47(52)63)46(62)51(29,64)45(61)37(28)42(38)58/h15,17,24-33,35-42,44-45,47,53-55,57-58,60-61,63-64H,6-14,16,18-23,52H2,1-5H3/t24?,25?,26?,27?,28-,29+,30?,31?,32?,33?,35?,36?,37?,38?,39?,40?,41?,42?,44?,45?,47?,48+,49-,50-,51+/m1/s1.